The molecule has 0 aliphatic carbocycles. The zero-order valence-electron chi connectivity index (χ0n) is 9.91. The van der Waals surface area contributed by atoms with Gasteiger partial charge in [-0.05, 0) is 18.2 Å². The summed E-state index contributed by atoms with van der Waals surface area (Å²) >= 11 is 6.96. The van der Waals surface area contributed by atoms with E-state index >= 15 is 0 Å². The van der Waals surface area contributed by atoms with Gasteiger partial charge in [0.1, 0.15) is 17.2 Å². The maximum atomic E-state index is 10.7. The van der Waals surface area contributed by atoms with Crippen LogP contribution in [0, 0.1) is 10.1 Å². The molecule has 0 saturated heterocycles. The van der Waals surface area contributed by atoms with Crippen LogP contribution in [0.15, 0.2) is 30.3 Å². The summed E-state index contributed by atoms with van der Waals surface area (Å²) in [6.45, 7) is 0.0961. The minimum absolute atomic E-state index is 0.0961. The Morgan fingerprint density at radius 3 is 2.75 bits per heavy atom. The van der Waals surface area contributed by atoms with Crippen LogP contribution >= 0.6 is 22.9 Å². The van der Waals surface area contributed by atoms with E-state index in [-0.39, 0.29) is 27.9 Å². The number of carboxylic acids is 1. The molecular weight excluding hydrogens is 306 g/mol. The summed E-state index contributed by atoms with van der Waals surface area (Å²) in [6.07, 6.45) is 0. The largest absolute Gasteiger partial charge is 0.486 e. The zero-order chi connectivity index (χ0) is 14.7. The Labute approximate surface area is 122 Å². The third kappa shape index (κ3) is 3.25. The third-order valence-corrected chi connectivity index (χ3v) is 3.73. The average Bonchev–Trinajstić information content (AvgIpc) is 2.86. The SMILES string of the molecule is O=C(O)c1ccc(COc2cc([N+](=O)[O-])ccc2Cl)s1. The minimum atomic E-state index is -1.00. The second kappa shape index (κ2) is 5.89. The van der Waals surface area contributed by atoms with Gasteiger partial charge in [0, 0.05) is 10.9 Å². The molecule has 2 aromatic rings. The van der Waals surface area contributed by atoms with Crippen LogP contribution in [0.5, 0.6) is 5.75 Å². The Kier molecular flexibility index (Phi) is 4.21. The van der Waals surface area contributed by atoms with Crippen molar-refractivity contribution in [2.75, 3.05) is 0 Å². The maximum Gasteiger partial charge on any atom is 0.345 e. The van der Waals surface area contributed by atoms with Gasteiger partial charge in [0.15, 0.2) is 0 Å². The molecule has 104 valence electrons. The Balaban J connectivity index is 2.11. The predicted octanol–water partition coefficient (Wildman–Crippen LogP) is 3.59. The first-order chi connectivity index (χ1) is 9.47. The molecule has 0 unspecified atom stereocenters. The number of nitro benzene ring substituents is 1. The fourth-order valence-electron chi connectivity index (χ4n) is 1.44. The van der Waals surface area contributed by atoms with Gasteiger partial charge in [-0.2, -0.15) is 0 Å². The van der Waals surface area contributed by atoms with Crippen molar-refractivity contribution in [1.82, 2.24) is 0 Å². The number of halogens is 1. The monoisotopic (exact) mass is 313 g/mol. The van der Waals surface area contributed by atoms with Crippen LogP contribution in [-0.2, 0) is 6.61 Å². The van der Waals surface area contributed by atoms with E-state index in [1.54, 1.807) is 6.07 Å². The van der Waals surface area contributed by atoms with Gasteiger partial charge in [-0.1, -0.05) is 11.6 Å². The van der Waals surface area contributed by atoms with Gasteiger partial charge < -0.3 is 9.84 Å². The van der Waals surface area contributed by atoms with Crippen molar-refractivity contribution in [3.05, 3.63) is 55.2 Å². The first kappa shape index (κ1) is 14.3. The number of thiophene rings is 1. The van der Waals surface area contributed by atoms with Crippen molar-refractivity contribution in [3.63, 3.8) is 0 Å². The Bertz CT molecular complexity index is 670. The van der Waals surface area contributed by atoms with Crippen LogP contribution in [0.1, 0.15) is 14.5 Å². The molecule has 0 radical (unpaired) electrons. The molecule has 0 bridgehead atoms. The van der Waals surface area contributed by atoms with Crippen LogP contribution in [0.25, 0.3) is 0 Å². The van der Waals surface area contributed by atoms with Gasteiger partial charge in [0.2, 0.25) is 0 Å². The van der Waals surface area contributed by atoms with E-state index < -0.39 is 10.9 Å². The second-order valence-corrected chi connectivity index (χ2v) is 5.31. The van der Waals surface area contributed by atoms with E-state index in [4.69, 9.17) is 21.4 Å². The third-order valence-electron chi connectivity index (χ3n) is 2.37. The van der Waals surface area contributed by atoms with E-state index in [2.05, 4.69) is 0 Å². The Morgan fingerprint density at radius 2 is 2.15 bits per heavy atom. The lowest BCUT2D eigenvalue weighted by molar-refractivity contribution is -0.384. The van der Waals surface area contributed by atoms with Gasteiger partial charge in [-0.25, -0.2) is 4.79 Å². The van der Waals surface area contributed by atoms with Crippen molar-refractivity contribution < 1.29 is 19.6 Å². The van der Waals surface area contributed by atoms with Crippen molar-refractivity contribution in [3.8, 4) is 5.75 Å². The van der Waals surface area contributed by atoms with Crippen molar-refractivity contribution >= 4 is 34.6 Å². The topological polar surface area (TPSA) is 89.7 Å². The molecule has 6 nitrogen and oxygen atoms in total. The van der Waals surface area contributed by atoms with Crippen molar-refractivity contribution in [1.29, 1.82) is 0 Å². The molecule has 1 aromatic carbocycles. The van der Waals surface area contributed by atoms with E-state index in [0.717, 1.165) is 11.3 Å². The lowest BCUT2D eigenvalue weighted by atomic mass is 10.3. The number of aromatic carboxylic acids is 1. The molecule has 20 heavy (non-hydrogen) atoms. The first-order valence-corrected chi connectivity index (χ1v) is 6.55. The highest BCUT2D eigenvalue weighted by Crippen LogP contribution is 2.30. The summed E-state index contributed by atoms with van der Waals surface area (Å²) in [7, 11) is 0. The number of non-ortho nitro benzene ring substituents is 1. The Morgan fingerprint density at radius 1 is 1.40 bits per heavy atom. The fourth-order valence-corrected chi connectivity index (χ4v) is 2.37. The quantitative estimate of drug-likeness (QED) is 0.673. The summed E-state index contributed by atoms with van der Waals surface area (Å²) in [4.78, 5) is 21.7. The molecule has 0 amide bonds. The summed E-state index contributed by atoms with van der Waals surface area (Å²) < 4.78 is 5.39. The summed E-state index contributed by atoms with van der Waals surface area (Å²) in [5.41, 5.74) is -0.123. The molecule has 2 rings (SSSR count). The van der Waals surface area contributed by atoms with E-state index in [0.29, 0.717) is 4.88 Å². The van der Waals surface area contributed by atoms with Gasteiger partial charge in [-0.15, -0.1) is 11.3 Å². The number of hydrogen-bond acceptors (Lipinski definition) is 5. The summed E-state index contributed by atoms with van der Waals surface area (Å²) in [5.74, 6) is -0.819. The molecule has 0 aliphatic heterocycles. The molecule has 8 heteroatoms. The molecule has 0 atom stereocenters. The summed E-state index contributed by atoms with van der Waals surface area (Å²) in [5, 5.41) is 19.7. The first-order valence-electron chi connectivity index (χ1n) is 5.36. The van der Waals surface area contributed by atoms with Crippen LogP contribution < -0.4 is 4.74 Å². The number of nitrogens with zero attached hydrogens (tertiary/aromatic N) is 1. The highest BCUT2D eigenvalue weighted by atomic mass is 35.5. The molecule has 1 heterocycles. The molecule has 0 aliphatic rings. The van der Waals surface area contributed by atoms with Crippen LogP contribution in [-0.4, -0.2) is 16.0 Å². The van der Waals surface area contributed by atoms with Gasteiger partial charge in [-0.3, -0.25) is 10.1 Å². The molecule has 0 fully saturated rings. The van der Waals surface area contributed by atoms with Gasteiger partial charge in [0.25, 0.3) is 5.69 Å². The van der Waals surface area contributed by atoms with Crippen molar-refractivity contribution in [2.45, 2.75) is 6.61 Å². The Hall–Kier alpha value is -2.12. The number of ether oxygens (including phenoxy) is 1. The standard InChI is InChI=1S/C12H8ClNO5S/c13-9-3-1-7(14(17)18)5-10(9)19-6-8-2-4-11(20-8)12(15)16/h1-5H,6H2,(H,15,16). The fraction of sp³-hybridized carbons (Fsp3) is 0.0833. The van der Waals surface area contributed by atoms with E-state index in [1.807, 2.05) is 0 Å². The molecule has 0 spiro atoms. The summed E-state index contributed by atoms with van der Waals surface area (Å²) in [6, 6.07) is 6.99. The van der Waals surface area contributed by atoms with Gasteiger partial charge in [0.05, 0.1) is 16.0 Å². The molecular formula is C12H8ClNO5S. The number of nitro groups is 1. The van der Waals surface area contributed by atoms with Crippen LogP contribution in [0.4, 0.5) is 5.69 Å². The van der Waals surface area contributed by atoms with E-state index in [9.17, 15) is 14.9 Å². The average molecular weight is 314 g/mol. The number of benzene rings is 1. The van der Waals surface area contributed by atoms with Crippen LogP contribution in [0.3, 0.4) is 0 Å². The molecule has 1 N–H and O–H groups in total. The van der Waals surface area contributed by atoms with Crippen LogP contribution in [0.2, 0.25) is 5.02 Å². The predicted molar refractivity (Wildman–Crippen MR) is 73.7 cm³/mol. The zero-order valence-corrected chi connectivity index (χ0v) is 11.5. The second-order valence-electron chi connectivity index (χ2n) is 3.73. The minimum Gasteiger partial charge on any atom is -0.486 e. The number of carbonyl (C=O) groups is 1. The number of rotatable bonds is 5. The van der Waals surface area contributed by atoms with E-state index in [1.165, 1.54) is 24.3 Å². The van der Waals surface area contributed by atoms with Gasteiger partial charge >= 0.3 is 5.97 Å². The molecule has 1 aromatic heterocycles. The number of carboxylic acid groups (broad SMARTS) is 1. The smallest absolute Gasteiger partial charge is 0.345 e. The molecule has 0 saturated carbocycles. The highest BCUT2D eigenvalue weighted by Gasteiger charge is 2.12. The number of hydrogen-bond donors (Lipinski definition) is 1. The normalized spacial score (nSPS) is 10.2. The van der Waals surface area contributed by atoms with Crippen molar-refractivity contribution in [2.24, 2.45) is 0 Å². The highest BCUT2D eigenvalue weighted by molar-refractivity contribution is 7.13. The maximum absolute atomic E-state index is 10.7. The lowest BCUT2D eigenvalue weighted by Crippen LogP contribution is -1.95. The lowest BCUT2D eigenvalue weighted by Gasteiger charge is -2.06.